The molecule has 0 unspecified atom stereocenters. The maximum atomic E-state index is 9.95. The number of nitro groups is 1. The Morgan fingerprint density at radius 2 is 2.09 bits per heavy atom. The lowest BCUT2D eigenvalue weighted by Crippen LogP contribution is -2.24. The minimum Gasteiger partial charge on any atom is -0.273 e. The van der Waals surface area contributed by atoms with Crippen LogP contribution >= 0.6 is 0 Å². The van der Waals surface area contributed by atoms with Gasteiger partial charge in [-0.1, -0.05) is 0 Å². The van der Waals surface area contributed by atoms with Crippen LogP contribution in [0, 0.1) is 10.1 Å². The zero-order valence-electron chi connectivity index (χ0n) is 5.56. The first-order valence-electron chi connectivity index (χ1n) is 2.75. The Morgan fingerprint density at radius 3 is 2.45 bits per heavy atom. The van der Waals surface area contributed by atoms with Crippen molar-refractivity contribution < 1.29 is 17.9 Å². The zero-order valence-corrected chi connectivity index (χ0v) is 6.37. The molecule has 8 heteroatoms. The van der Waals surface area contributed by atoms with Gasteiger partial charge in [-0.25, -0.2) is 0 Å². The molecule has 0 aromatic rings. The van der Waals surface area contributed by atoms with Gasteiger partial charge in [0.2, 0.25) is 6.54 Å². The minimum absolute atomic E-state index is 0.0623. The summed E-state index contributed by atoms with van der Waals surface area (Å²) < 4.78 is 29.7. The van der Waals surface area contributed by atoms with Gasteiger partial charge in [-0.05, 0) is 0 Å². The molecule has 0 aliphatic rings. The van der Waals surface area contributed by atoms with E-state index in [4.69, 9.17) is 4.55 Å². The van der Waals surface area contributed by atoms with Crippen molar-refractivity contribution >= 4 is 10.3 Å². The highest BCUT2D eigenvalue weighted by Crippen LogP contribution is 1.79. The summed E-state index contributed by atoms with van der Waals surface area (Å²) >= 11 is 0. The van der Waals surface area contributed by atoms with E-state index >= 15 is 0 Å². The van der Waals surface area contributed by atoms with Gasteiger partial charge in [0, 0.05) is 17.9 Å². The van der Waals surface area contributed by atoms with Crippen molar-refractivity contribution in [2.75, 3.05) is 13.1 Å². The zero-order chi connectivity index (χ0) is 8.91. The van der Waals surface area contributed by atoms with Crippen LogP contribution in [0.3, 0.4) is 0 Å². The summed E-state index contributed by atoms with van der Waals surface area (Å²) in [6.45, 7) is -0.442. The molecule has 0 aromatic heterocycles. The molecule has 0 saturated carbocycles. The van der Waals surface area contributed by atoms with Crippen LogP contribution in [-0.2, 0) is 10.3 Å². The van der Waals surface area contributed by atoms with Crippen molar-refractivity contribution in [1.29, 1.82) is 0 Å². The van der Waals surface area contributed by atoms with Gasteiger partial charge in [0.15, 0.2) is 0 Å². The maximum Gasteiger partial charge on any atom is 0.333 e. The Balaban J connectivity index is 3.37. The lowest BCUT2D eigenvalue weighted by molar-refractivity contribution is -0.480. The summed E-state index contributed by atoms with van der Waals surface area (Å²) in [6.07, 6.45) is 0.0623. The third kappa shape index (κ3) is 9.27. The molecular weight excluding hydrogens is 176 g/mol. The number of nitrogens with zero attached hydrogens (tertiary/aromatic N) is 1. The van der Waals surface area contributed by atoms with Crippen molar-refractivity contribution in [3.63, 3.8) is 0 Å². The molecule has 0 aliphatic heterocycles. The monoisotopic (exact) mass is 184 g/mol. The third-order valence-corrected chi connectivity index (χ3v) is 1.37. The standard InChI is InChI=1S/C3H8N2O5S/c6-5(7)3-1-2-4-11(8,9)10/h4H,1-3H2,(H,8,9,10). The Kier molecular flexibility index (Phi) is 3.93. The molecule has 11 heavy (non-hydrogen) atoms. The van der Waals surface area contributed by atoms with Gasteiger partial charge in [-0.2, -0.15) is 13.1 Å². The van der Waals surface area contributed by atoms with E-state index in [0.717, 1.165) is 0 Å². The molecule has 0 bridgehead atoms. The highest BCUT2D eigenvalue weighted by atomic mass is 32.2. The smallest absolute Gasteiger partial charge is 0.273 e. The highest BCUT2D eigenvalue weighted by Gasteiger charge is 2.02. The van der Waals surface area contributed by atoms with Crippen LogP contribution in [0.4, 0.5) is 0 Å². The van der Waals surface area contributed by atoms with E-state index in [0.29, 0.717) is 0 Å². The average molecular weight is 184 g/mol. The second-order valence-corrected chi connectivity index (χ2v) is 3.02. The van der Waals surface area contributed by atoms with E-state index < -0.39 is 15.2 Å². The Bertz CT molecular complexity index is 222. The second kappa shape index (κ2) is 4.21. The molecule has 0 heterocycles. The fourth-order valence-electron chi connectivity index (χ4n) is 0.409. The lowest BCUT2D eigenvalue weighted by Gasteiger charge is -1.96. The van der Waals surface area contributed by atoms with Crippen LogP contribution in [0.5, 0.6) is 0 Å². The summed E-state index contributed by atoms with van der Waals surface area (Å²) in [5.41, 5.74) is 0. The fraction of sp³-hybridized carbons (Fsp3) is 1.00. The van der Waals surface area contributed by atoms with Crippen molar-refractivity contribution in [2.24, 2.45) is 0 Å². The molecule has 7 nitrogen and oxygen atoms in total. The summed E-state index contributed by atoms with van der Waals surface area (Å²) in [5, 5.41) is 9.69. The van der Waals surface area contributed by atoms with Gasteiger partial charge in [0.1, 0.15) is 0 Å². The van der Waals surface area contributed by atoms with Gasteiger partial charge < -0.3 is 0 Å². The lowest BCUT2D eigenvalue weighted by atomic mass is 10.4. The van der Waals surface area contributed by atoms with Crippen molar-refractivity contribution in [1.82, 2.24) is 4.72 Å². The third-order valence-electron chi connectivity index (χ3n) is 0.802. The van der Waals surface area contributed by atoms with Crippen molar-refractivity contribution in [3.05, 3.63) is 10.1 Å². The average Bonchev–Trinajstić information content (AvgIpc) is 1.78. The first-order chi connectivity index (χ1) is 4.92. The van der Waals surface area contributed by atoms with Crippen LogP contribution in [0.15, 0.2) is 0 Å². The van der Waals surface area contributed by atoms with Crippen LogP contribution in [-0.4, -0.2) is 31.0 Å². The topological polar surface area (TPSA) is 110 Å². The van der Waals surface area contributed by atoms with Crippen LogP contribution < -0.4 is 4.72 Å². The molecule has 2 N–H and O–H groups in total. The Hall–Kier alpha value is -0.730. The van der Waals surface area contributed by atoms with E-state index in [1.165, 1.54) is 0 Å². The SMILES string of the molecule is O=[N+]([O-])CCCNS(=O)(=O)O. The van der Waals surface area contributed by atoms with Gasteiger partial charge in [-0.15, -0.1) is 0 Å². The molecular formula is C3H8N2O5S. The fourth-order valence-corrected chi connectivity index (χ4v) is 0.812. The molecule has 0 aromatic carbocycles. The first-order valence-corrected chi connectivity index (χ1v) is 4.20. The number of rotatable bonds is 5. The molecule has 0 amide bonds. The summed E-state index contributed by atoms with van der Waals surface area (Å²) in [7, 11) is -4.19. The van der Waals surface area contributed by atoms with Gasteiger partial charge in [0.25, 0.3) is 0 Å². The van der Waals surface area contributed by atoms with Crippen LogP contribution in [0.25, 0.3) is 0 Å². The maximum absolute atomic E-state index is 9.95. The molecule has 0 spiro atoms. The molecule has 0 radical (unpaired) electrons. The van der Waals surface area contributed by atoms with E-state index in [1.807, 2.05) is 0 Å². The molecule has 0 atom stereocenters. The normalized spacial score (nSPS) is 11.4. The Morgan fingerprint density at radius 1 is 1.55 bits per heavy atom. The van der Waals surface area contributed by atoms with Crippen LogP contribution in [0.2, 0.25) is 0 Å². The first kappa shape index (κ1) is 10.3. The van der Waals surface area contributed by atoms with E-state index in [1.54, 1.807) is 4.72 Å². The molecule has 66 valence electrons. The van der Waals surface area contributed by atoms with Gasteiger partial charge in [-0.3, -0.25) is 14.7 Å². The van der Waals surface area contributed by atoms with Gasteiger partial charge in [0.05, 0.1) is 0 Å². The van der Waals surface area contributed by atoms with E-state index in [2.05, 4.69) is 0 Å². The highest BCUT2D eigenvalue weighted by molar-refractivity contribution is 7.83. The number of nitrogens with one attached hydrogen (secondary N) is 1. The van der Waals surface area contributed by atoms with Crippen molar-refractivity contribution in [3.8, 4) is 0 Å². The largest absolute Gasteiger partial charge is 0.333 e. The van der Waals surface area contributed by atoms with Gasteiger partial charge >= 0.3 is 10.3 Å². The quantitative estimate of drug-likeness (QED) is 0.247. The van der Waals surface area contributed by atoms with E-state index in [9.17, 15) is 18.5 Å². The predicted molar refractivity (Wildman–Crippen MR) is 36.0 cm³/mol. The molecule has 0 saturated heterocycles. The number of hydrogen-bond donors (Lipinski definition) is 2. The predicted octanol–water partition coefficient (Wildman–Crippen LogP) is -0.954. The second-order valence-electron chi connectivity index (χ2n) is 1.78. The summed E-state index contributed by atoms with van der Waals surface area (Å²) in [6, 6.07) is 0. The minimum atomic E-state index is -4.19. The summed E-state index contributed by atoms with van der Waals surface area (Å²) in [5.74, 6) is 0. The molecule has 0 fully saturated rings. The molecule has 0 rings (SSSR count). The van der Waals surface area contributed by atoms with Crippen LogP contribution in [0.1, 0.15) is 6.42 Å². The van der Waals surface area contributed by atoms with Crippen molar-refractivity contribution in [2.45, 2.75) is 6.42 Å². The summed E-state index contributed by atoms with van der Waals surface area (Å²) in [4.78, 5) is 9.13. The number of hydrogen-bond acceptors (Lipinski definition) is 4. The van der Waals surface area contributed by atoms with E-state index in [-0.39, 0.29) is 19.5 Å². The molecule has 0 aliphatic carbocycles. The Labute approximate surface area is 63.4 Å².